The summed E-state index contributed by atoms with van der Waals surface area (Å²) in [5.41, 5.74) is 13.3. The van der Waals surface area contributed by atoms with Crippen LogP contribution in [0.3, 0.4) is 0 Å². The zero-order chi connectivity index (χ0) is 32.7. The molecule has 1 aliphatic carbocycles. The fourth-order valence-corrected chi connectivity index (χ4v) is 7.17. The van der Waals surface area contributed by atoms with Crippen molar-refractivity contribution in [2.24, 2.45) is 4.99 Å². The van der Waals surface area contributed by atoms with E-state index in [2.05, 4.69) is 148 Å². The predicted octanol–water partition coefficient (Wildman–Crippen LogP) is 10.8. The normalized spacial score (nSPS) is 13.4. The van der Waals surface area contributed by atoms with Crippen LogP contribution in [0.2, 0.25) is 0 Å². The lowest BCUT2D eigenvalue weighted by Gasteiger charge is -2.17. The number of allylic oxidation sites excluding steroid dienone is 2. The molecule has 0 radical (unpaired) electrons. The lowest BCUT2D eigenvalue weighted by atomic mass is 10.0. The molecule has 0 fully saturated rings. The average molecular weight is 632 g/mol. The second kappa shape index (κ2) is 12.0. The van der Waals surface area contributed by atoms with Crippen molar-refractivity contribution < 1.29 is 0 Å². The summed E-state index contributed by atoms with van der Waals surface area (Å²) >= 11 is 0. The van der Waals surface area contributed by atoms with E-state index in [1.54, 1.807) is 0 Å². The molecular formula is C44H33N5. The van der Waals surface area contributed by atoms with Gasteiger partial charge in [-0.25, -0.2) is 4.99 Å². The van der Waals surface area contributed by atoms with Crippen LogP contribution in [0.25, 0.3) is 60.4 Å². The molecule has 0 aliphatic heterocycles. The van der Waals surface area contributed by atoms with E-state index in [0.29, 0.717) is 5.84 Å². The Labute approximate surface area is 284 Å². The van der Waals surface area contributed by atoms with Gasteiger partial charge in [0.2, 0.25) is 0 Å². The molecule has 0 saturated heterocycles. The molecule has 234 valence electrons. The zero-order valence-electron chi connectivity index (χ0n) is 26.8. The Morgan fingerprint density at radius 2 is 1.33 bits per heavy atom. The van der Waals surface area contributed by atoms with E-state index in [1.807, 2.05) is 30.3 Å². The number of para-hydroxylation sites is 2. The minimum atomic E-state index is 0.213. The monoisotopic (exact) mass is 631 g/mol. The smallest absolute Gasteiger partial charge is 0.154 e. The quantitative estimate of drug-likeness (QED) is 0.144. The van der Waals surface area contributed by atoms with E-state index >= 15 is 0 Å². The lowest BCUT2D eigenvalue weighted by Crippen LogP contribution is -2.25. The van der Waals surface area contributed by atoms with Gasteiger partial charge in [-0.1, -0.05) is 133 Å². The van der Waals surface area contributed by atoms with E-state index < -0.39 is 0 Å². The number of fused-ring (bicyclic) bond motifs is 7. The Bertz CT molecular complexity index is 2640. The molecule has 1 aliphatic rings. The number of rotatable bonds is 5. The minimum absolute atomic E-state index is 0.213. The van der Waals surface area contributed by atoms with Crippen LogP contribution in [0.5, 0.6) is 0 Å². The molecule has 5 nitrogen and oxygen atoms in total. The standard InChI is InChI=1S/C44H33N5/c45-43(31-17-6-2-7-18-31)46-44(32-19-8-3-9-20-32)47-49-39-26-13-11-24-37(39)41-40(49)28-27-36-35-23-10-12-25-38(35)48(42(36)41)34-22-14-21-33(29-34)30-15-4-1-5-16-30/h1-2,4-8,10-29H,3,9H2,(H2,45,46,47). The number of amidine groups is 2. The Kier molecular flexibility index (Phi) is 7.02. The summed E-state index contributed by atoms with van der Waals surface area (Å²) in [5, 5.41) is 13.6. The lowest BCUT2D eigenvalue weighted by molar-refractivity contribution is 1.02. The maximum atomic E-state index is 8.91. The number of hydrogen-bond acceptors (Lipinski definition) is 1. The molecule has 5 heteroatoms. The van der Waals surface area contributed by atoms with Crippen molar-refractivity contribution in [3.63, 3.8) is 0 Å². The van der Waals surface area contributed by atoms with Crippen LogP contribution in [0, 0.1) is 5.41 Å². The van der Waals surface area contributed by atoms with Crippen LogP contribution in [-0.4, -0.2) is 20.9 Å². The van der Waals surface area contributed by atoms with Crippen molar-refractivity contribution in [3.05, 3.63) is 175 Å². The first-order chi connectivity index (χ1) is 24.2. The van der Waals surface area contributed by atoms with E-state index in [0.717, 1.165) is 62.5 Å². The average Bonchev–Trinajstić information content (AvgIpc) is 3.68. The maximum Gasteiger partial charge on any atom is 0.154 e. The summed E-state index contributed by atoms with van der Waals surface area (Å²) in [6.45, 7) is 0. The van der Waals surface area contributed by atoms with E-state index in [4.69, 9.17) is 10.4 Å². The van der Waals surface area contributed by atoms with Gasteiger partial charge in [0, 0.05) is 38.4 Å². The minimum Gasteiger partial charge on any atom is -0.309 e. The van der Waals surface area contributed by atoms with Crippen molar-refractivity contribution in [2.75, 3.05) is 5.43 Å². The summed E-state index contributed by atoms with van der Waals surface area (Å²) in [7, 11) is 0. The fourth-order valence-electron chi connectivity index (χ4n) is 7.17. The SMILES string of the molecule is N=C(N=C(Nn1c2ccccc2c2c1ccc1c3ccccc3n(-c3cccc(-c4ccccc4)c3)c12)C1=CCCC=C1)c1ccccc1. The highest BCUT2D eigenvalue weighted by Crippen LogP contribution is 2.41. The molecule has 8 aromatic rings. The van der Waals surface area contributed by atoms with Crippen molar-refractivity contribution >= 4 is 55.3 Å². The van der Waals surface area contributed by atoms with Crippen molar-refractivity contribution in [1.29, 1.82) is 5.41 Å². The van der Waals surface area contributed by atoms with Crippen LogP contribution in [0.15, 0.2) is 174 Å². The predicted molar refractivity (Wildman–Crippen MR) is 206 cm³/mol. The molecule has 0 unspecified atom stereocenters. The van der Waals surface area contributed by atoms with Gasteiger partial charge in [-0.3, -0.25) is 15.5 Å². The number of benzene rings is 6. The molecule has 0 amide bonds. The van der Waals surface area contributed by atoms with Crippen molar-refractivity contribution in [3.8, 4) is 16.8 Å². The van der Waals surface area contributed by atoms with Gasteiger partial charge in [-0.15, -0.1) is 0 Å². The van der Waals surface area contributed by atoms with Gasteiger partial charge in [0.1, 0.15) is 0 Å². The van der Waals surface area contributed by atoms with Crippen LogP contribution in [0.4, 0.5) is 0 Å². The highest BCUT2D eigenvalue weighted by molar-refractivity contribution is 6.26. The van der Waals surface area contributed by atoms with E-state index in [1.165, 1.54) is 21.9 Å². The fraction of sp³-hybridized carbons (Fsp3) is 0.0455. The van der Waals surface area contributed by atoms with Gasteiger partial charge in [0.15, 0.2) is 11.7 Å². The Hall–Kier alpha value is -6.46. The highest BCUT2D eigenvalue weighted by Gasteiger charge is 2.21. The number of nitrogens with one attached hydrogen (secondary N) is 2. The molecule has 2 heterocycles. The van der Waals surface area contributed by atoms with Gasteiger partial charge in [-0.05, 0) is 54.3 Å². The number of aromatic nitrogens is 2. The van der Waals surface area contributed by atoms with Gasteiger partial charge >= 0.3 is 0 Å². The van der Waals surface area contributed by atoms with Gasteiger partial charge in [-0.2, -0.15) is 0 Å². The topological polar surface area (TPSA) is 58.1 Å². The summed E-state index contributed by atoms with van der Waals surface area (Å²) in [5.74, 6) is 0.855. The molecule has 0 atom stereocenters. The largest absolute Gasteiger partial charge is 0.309 e. The van der Waals surface area contributed by atoms with Gasteiger partial charge < -0.3 is 4.57 Å². The third-order valence-corrected chi connectivity index (χ3v) is 9.44. The third kappa shape index (κ3) is 4.95. The summed E-state index contributed by atoms with van der Waals surface area (Å²) < 4.78 is 4.57. The number of aliphatic imine (C=N–C) groups is 1. The molecule has 49 heavy (non-hydrogen) atoms. The maximum absolute atomic E-state index is 8.91. The Morgan fingerprint density at radius 3 is 2.12 bits per heavy atom. The molecule has 6 aromatic carbocycles. The van der Waals surface area contributed by atoms with Crippen LogP contribution >= 0.6 is 0 Å². The van der Waals surface area contributed by atoms with E-state index in [-0.39, 0.29) is 5.84 Å². The molecule has 0 saturated carbocycles. The second-order valence-electron chi connectivity index (χ2n) is 12.4. The van der Waals surface area contributed by atoms with Crippen molar-refractivity contribution in [1.82, 2.24) is 9.24 Å². The number of hydrogen-bond donors (Lipinski definition) is 2. The van der Waals surface area contributed by atoms with Gasteiger partial charge in [0.05, 0.1) is 22.1 Å². The van der Waals surface area contributed by atoms with Crippen LogP contribution in [-0.2, 0) is 0 Å². The summed E-state index contributed by atoms with van der Waals surface area (Å²) in [4.78, 5) is 4.90. The third-order valence-electron chi connectivity index (χ3n) is 9.44. The van der Waals surface area contributed by atoms with Crippen molar-refractivity contribution in [2.45, 2.75) is 12.8 Å². The molecule has 0 spiro atoms. The second-order valence-corrected chi connectivity index (χ2v) is 12.4. The number of nitrogens with zero attached hydrogens (tertiary/aromatic N) is 3. The molecule has 2 N–H and O–H groups in total. The van der Waals surface area contributed by atoms with Crippen LogP contribution < -0.4 is 5.43 Å². The molecule has 2 aromatic heterocycles. The molecule has 9 rings (SSSR count). The summed E-state index contributed by atoms with van der Waals surface area (Å²) in [6.07, 6.45) is 8.42. The highest BCUT2D eigenvalue weighted by atomic mass is 15.4. The molecule has 0 bridgehead atoms. The summed E-state index contributed by atoms with van der Waals surface area (Å²) in [6, 6.07) is 50.8. The molecular weight excluding hydrogens is 599 g/mol. The van der Waals surface area contributed by atoms with Crippen LogP contribution in [0.1, 0.15) is 18.4 Å². The Morgan fingerprint density at radius 1 is 0.612 bits per heavy atom. The first kappa shape index (κ1) is 28.7. The first-order valence-corrected chi connectivity index (χ1v) is 16.7. The van der Waals surface area contributed by atoms with E-state index in [9.17, 15) is 0 Å². The van der Waals surface area contributed by atoms with Gasteiger partial charge in [0.25, 0.3) is 0 Å². The Balaban J connectivity index is 1.30. The zero-order valence-corrected chi connectivity index (χ0v) is 26.8. The first-order valence-electron chi connectivity index (χ1n) is 16.7.